The molecule has 4 aromatic rings. The molecule has 0 aliphatic heterocycles. The van der Waals surface area contributed by atoms with E-state index in [4.69, 9.17) is 10.00 Å². The second-order valence-corrected chi connectivity index (χ2v) is 7.29. The summed E-state index contributed by atoms with van der Waals surface area (Å²) in [5, 5.41) is 11.5. The molecule has 2 nitrogen and oxygen atoms in total. The molecule has 0 saturated heterocycles. The SMILES string of the molecule is C=C/C(C#N)=C\Cc1cccc(-c2ccc(-c3ccccc3OC)c3ccccc23)c1. The van der Waals surface area contributed by atoms with Gasteiger partial charge in [-0.05, 0) is 45.5 Å². The van der Waals surface area contributed by atoms with Crippen LogP contribution in [-0.4, -0.2) is 7.11 Å². The summed E-state index contributed by atoms with van der Waals surface area (Å²) in [5.74, 6) is 0.865. The van der Waals surface area contributed by atoms with E-state index in [0.717, 1.165) is 28.0 Å². The van der Waals surface area contributed by atoms with Crippen LogP contribution in [0.4, 0.5) is 0 Å². The summed E-state index contributed by atoms with van der Waals surface area (Å²) in [4.78, 5) is 0. The zero-order valence-corrected chi connectivity index (χ0v) is 17.5. The van der Waals surface area contributed by atoms with Crippen LogP contribution in [-0.2, 0) is 6.42 Å². The molecule has 150 valence electrons. The minimum atomic E-state index is 0.594. The van der Waals surface area contributed by atoms with Gasteiger partial charge in [0.25, 0.3) is 0 Å². The van der Waals surface area contributed by atoms with E-state index in [1.165, 1.54) is 16.3 Å². The third kappa shape index (κ3) is 4.13. The summed E-state index contributed by atoms with van der Waals surface area (Å²) >= 11 is 0. The van der Waals surface area contributed by atoms with E-state index in [1.54, 1.807) is 13.2 Å². The van der Waals surface area contributed by atoms with Crippen molar-refractivity contribution in [3.8, 4) is 34.1 Å². The highest BCUT2D eigenvalue weighted by atomic mass is 16.5. The molecule has 0 amide bonds. The molecule has 0 aliphatic rings. The molecular formula is C29H23NO. The van der Waals surface area contributed by atoms with Gasteiger partial charge in [-0.15, -0.1) is 0 Å². The highest BCUT2D eigenvalue weighted by Gasteiger charge is 2.12. The molecule has 0 atom stereocenters. The minimum Gasteiger partial charge on any atom is -0.496 e. The van der Waals surface area contributed by atoms with E-state index in [2.05, 4.69) is 79.4 Å². The van der Waals surface area contributed by atoms with Gasteiger partial charge < -0.3 is 4.74 Å². The number of hydrogen-bond donors (Lipinski definition) is 0. The maximum atomic E-state index is 9.11. The van der Waals surface area contributed by atoms with Gasteiger partial charge in [-0.25, -0.2) is 0 Å². The molecule has 0 aliphatic carbocycles. The molecule has 0 N–H and O–H groups in total. The first kappa shape index (κ1) is 20.2. The van der Waals surface area contributed by atoms with Gasteiger partial charge in [0.05, 0.1) is 13.2 Å². The van der Waals surface area contributed by atoms with Gasteiger partial charge in [-0.1, -0.05) is 97.6 Å². The number of benzene rings is 4. The summed E-state index contributed by atoms with van der Waals surface area (Å²) in [6.45, 7) is 3.69. The number of rotatable bonds is 6. The Bertz CT molecular complexity index is 1320. The summed E-state index contributed by atoms with van der Waals surface area (Å²) < 4.78 is 5.61. The van der Waals surface area contributed by atoms with Crippen molar-refractivity contribution in [2.45, 2.75) is 6.42 Å². The largest absolute Gasteiger partial charge is 0.496 e. The smallest absolute Gasteiger partial charge is 0.126 e. The lowest BCUT2D eigenvalue weighted by Crippen LogP contribution is -1.91. The van der Waals surface area contributed by atoms with Crippen LogP contribution in [0.3, 0.4) is 0 Å². The molecule has 2 heteroatoms. The number of fused-ring (bicyclic) bond motifs is 1. The van der Waals surface area contributed by atoms with Crippen LogP contribution in [0.5, 0.6) is 5.75 Å². The molecule has 0 fully saturated rings. The van der Waals surface area contributed by atoms with Gasteiger partial charge in [0.15, 0.2) is 0 Å². The maximum absolute atomic E-state index is 9.11. The van der Waals surface area contributed by atoms with Crippen LogP contribution in [0.15, 0.2) is 109 Å². The highest BCUT2D eigenvalue weighted by molar-refractivity contribution is 6.05. The lowest BCUT2D eigenvalue weighted by molar-refractivity contribution is 0.416. The van der Waals surface area contributed by atoms with Gasteiger partial charge in [-0.3, -0.25) is 0 Å². The number of nitrogens with zero attached hydrogens (tertiary/aromatic N) is 1. The standard InChI is InChI=1S/C29H23NO/c1-3-21(20-30)15-16-22-9-8-10-23(19-22)24-17-18-27(26-12-5-4-11-25(24)26)28-13-6-7-14-29(28)31-2/h3-15,17-19H,1,16H2,2H3/b21-15+. The number of hydrogen-bond acceptors (Lipinski definition) is 2. The van der Waals surface area contributed by atoms with Crippen molar-refractivity contribution in [2.24, 2.45) is 0 Å². The number of methoxy groups -OCH3 is 1. The first-order chi connectivity index (χ1) is 15.2. The number of allylic oxidation sites excluding steroid dienone is 3. The highest BCUT2D eigenvalue weighted by Crippen LogP contribution is 2.39. The maximum Gasteiger partial charge on any atom is 0.126 e. The molecule has 0 unspecified atom stereocenters. The van der Waals surface area contributed by atoms with Crippen LogP contribution in [0.25, 0.3) is 33.0 Å². The van der Waals surface area contributed by atoms with Crippen molar-refractivity contribution in [1.29, 1.82) is 5.26 Å². The number of ether oxygens (including phenoxy) is 1. The fourth-order valence-corrected chi connectivity index (χ4v) is 3.92. The molecule has 0 spiro atoms. The van der Waals surface area contributed by atoms with E-state index in [-0.39, 0.29) is 0 Å². The second-order valence-electron chi connectivity index (χ2n) is 7.29. The quantitative estimate of drug-likeness (QED) is 0.250. The minimum absolute atomic E-state index is 0.594. The van der Waals surface area contributed by atoms with E-state index < -0.39 is 0 Å². The van der Waals surface area contributed by atoms with Crippen molar-refractivity contribution in [2.75, 3.05) is 7.11 Å². The van der Waals surface area contributed by atoms with Crippen LogP contribution in [0.2, 0.25) is 0 Å². The molecule has 0 bridgehead atoms. The zero-order valence-electron chi connectivity index (χ0n) is 17.5. The Morgan fingerprint density at radius 2 is 1.58 bits per heavy atom. The topological polar surface area (TPSA) is 33.0 Å². The Morgan fingerprint density at radius 1 is 0.871 bits per heavy atom. The second kappa shape index (κ2) is 9.15. The summed E-state index contributed by atoms with van der Waals surface area (Å²) in [7, 11) is 1.71. The van der Waals surface area contributed by atoms with Crippen molar-refractivity contribution < 1.29 is 4.74 Å². The average molecular weight is 402 g/mol. The van der Waals surface area contributed by atoms with Gasteiger partial charge in [0.2, 0.25) is 0 Å². The van der Waals surface area contributed by atoms with Gasteiger partial charge in [0, 0.05) is 11.1 Å². The van der Waals surface area contributed by atoms with Crippen LogP contribution < -0.4 is 4.74 Å². The molecular weight excluding hydrogens is 378 g/mol. The predicted octanol–water partition coefficient (Wildman–Crippen LogP) is 7.36. The Labute approximate surface area is 183 Å². The zero-order chi connectivity index (χ0) is 21.6. The summed E-state index contributed by atoms with van der Waals surface area (Å²) in [6, 6.07) is 31.6. The van der Waals surface area contributed by atoms with Crippen molar-refractivity contribution in [1.82, 2.24) is 0 Å². The fraction of sp³-hybridized carbons (Fsp3) is 0.0690. The molecule has 4 aromatic carbocycles. The Hall–Kier alpha value is -4.09. The van der Waals surface area contributed by atoms with E-state index in [9.17, 15) is 0 Å². The average Bonchev–Trinajstić information content (AvgIpc) is 2.84. The number of para-hydroxylation sites is 1. The van der Waals surface area contributed by atoms with Gasteiger partial charge >= 0.3 is 0 Å². The molecule has 0 aromatic heterocycles. The lowest BCUT2D eigenvalue weighted by atomic mass is 9.91. The third-order valence-electron chi connectivity index (χ3n) is 5.47. The molecule has 31 heavy (non-hydrogen) atoms. The Kier molecular flexibility index (Phi) is 5.96. The normalized spacial score (nSPS) is 11.2. The van der Waals surface area contributed by atoms with E-state index >= 15 is 0 Å². The van der Waals surface area contributed by atoms with Crippen LogP contribution in [0, 0.1) is 11.3 Å². The Balaban J connectivity index is 1.82. The molecule has 0 saturated carbocycles. The summed E-state index contributed by atoms with van der Waals surface area (Å²) in [6.07, 6.45) is 4.20. The van der Waals surface area contributed by atoms with Crippen LogP contribution in [0.1, 0.15) is 5.56 Å². The fourth-order valence-electron chi connectivity index (χ4n) is 3.92. The van der Waals surface area contributed by atoms with Crippen molar-refractivity contribution >= 4 is 10.8 Å². The van der Waals surface area contributed by atoms with Crippen LogP contribution >= 0.6 is 0 Å². The van der Waals surface area contributed by atoms with Crippen molar-refractivity contribution in [3.05, 3.63) is 115 Å². The number of nitriles is 1. The van der Waals surface area contributed by atoms with E-state index in [1.807, 2.05) is 24.3 Å². The third-order valence-corrected chi connectivity index (χ3v) is 5.47. The Morgan fingerprint density at radius 3 is 2.32 bits per heavy atom. The monoisotopic (exact) mass is 401 g/mol. The van der Waals surface area contributed by atoms with Crippen molar-refractivity contribution in [3.63, 3.8) is 0 Å². The molecule has 4 rings (SSSR count). The van der Waals surface area contributed by atoms with Gasteiger partial charge in [0.1, 0.15) is 5.75 Å². The van der Waals surface area contributed by atoms with E-state index in [0.29, 0.717) is 12.0 Å². The predicted molar refractivity (Wildman–Crippen MR) is 129 cm³/mol. The molecule has 0 radical (unpaired) electrons. The first-order valence-electron chi connectivity index (χ1n) is 10.2. The molecule has 0 heterocycles. The first-order valence-corrected chi connectivity index (χ1v) is 10.2. The summed E-state index contributed by atoms with van der Waals surface area (Å²) in [5.41, 5.74) is 6.33. The lowest BCUT2D eigenvalue weighted by Gasteiger charge is -2.14. The van der Waals surface area contributed by atoms with Gasteiger partial charge in [-0.2, -0.15) is 5.26 Å².